The molecule has 0 radical (unpaired) electrons. The lowest BCUT2D eigenvalue weighted by Crippen LogP contribution is -2.56. The topological polar surface area (TPSA) is 207 Å². The van der Waals surface area contributed by atoms with Crippen LogP contribution < -0.4 is 20.1 Å². The van der Waals surface area contributed by atoms with Crippen LogP contribution >= 0.6 is 0 Å². The molecule has 0 spiro atoms. The van der Waals surface area contributed by atoms with Crippen LogP contribution in [0.4, 0.5) is 18.4 Å². The molecule has 3 aromatic carbocycles. The lowest BCUT2D eigenvalue weighted by atomic mass is 9.90. The first kappa shape index (κ1) is 48.8. The van der Waals surface area contributed by atoms with Crippen LogP contribution in [0.5, 0.6) is 11.5 Å². The summed E-state index contributed by atoms with van der Waals surface area (Å²) >= 11 is 0. The van der Waals surface area contributed by atoms with E-state index in [9.17, 15) is 19.2 Å². The molecule has 18 nitrogen and oxygen atoms in total. The summed E-state index contributed by atoms with van der Waals surface area (Å²) < 4.78 is 62.6. The number of amides is 4. The van der Waals surface area contributed by atoms with Crippen molar-refractivity contribution >= 4 is 34.9 Å². The Morgan fingerprint density at radius 2 is 1.45 bits per heavy atom. The smallest absolute Gasteiger partial charge is 0.407 e. The Balaban J connectivity index is 0.912. The number of alkyl carbamates (subject to hydrolysis) is 2. The summed E-state index contributed by atoms with van der Waals surface area (Å²) in [4.78, 5) is 72.2. The van der Waals surface area contributed by atoms with Crippen molar-refractivity contribution in [1.82, 2.24) is 44.9 Å². The zero-order valence-corrected chi connectivity index (χ0v) is 41.7. The summed E-state index contributed by atoms with van der Waals surface area (Å²) in [7, 11) is 2.43. The Labute approximate surface area is 425 Å². The molecule has 8 heterocycles. The number of imidazole rings is 2. The Kier molecular flexibility index (Phi) is 13.0. The standard InChI is InChI=1S/C54H59F2N9O9/c1-54(2,56)46(62-53(69)71-4)50(67)64-18-6-10-40(64)48-58-28-37(60-48)33-23-35(55)44-41-24-34-22-31(13-14-38(34)65(41)51(74-43(44)26-33)32-12-11-29-8-7-19-73-42(29)25-32)36-27-57-47(59-36)39-9-5-17-63(39)49(66)45(61-52(68)70-3)30-15-20-72-21-16-30/h11-14,22-28,30,39-40,45-46,51H,5-10,15-21H2,1-4H3,(H,57,59)(H,58,60)(H,61,68)(H,62,69)/t39-,40-,45-,46?,51?/m0/s1. The van der Waals surface area contributed by atoms with Crippen molar-refractivity contribution in [2.45, 2.75) is 101 Å². The van der Waals surface area contributed by atoms with Gasteiger partial charge >= 0.3 is 12.2 Å². The lowest BCUT2D eigenvalue weighted by Gasteiger charge is -2.34. The number of methoxy groups -OCH3 is 2. The second kappa shape index (κ2) is 19.7. The van der Waals surface area contributed by atoms with Crippen LogP contribution in [0.2, 0.25) is 0 Å². The molecule has 0 bridgehead atoms. The fraction of sp³-hybridized carbons (Fsp3) is 0.444. The highest BCUT2D eigenvalue weighted by Crippen LogP contribution is 2.48. The highest BCUT2D eigenvalue weighted by atomic mass is 19.1. The summed E-state index contributed by atoms with van der Waals surface area (Å²) in [5.41, 5.74) is 4.02. The van der Waals surface area contributed by atoms with Crippen molar-refractivity contribution < 1.29 is 51.6 Å². The van der Waals surface area contributed by atoms with E-state index in [0.717, 1.165) is 65.4 Å². The van der Waals surface area contributed by atoms with Crippen molar-refractivity contribution in [3.63, 3.8) is 0 Å². The maximum atomic E-state index is 17.1. The van der Waals surface area contributed by atoms with Gasteiger partial charge in [0, 0.05) is 48.4 Å². The van der Waals surface area contributed by atoms with Gasteiger partial charge in [0.25, 0.3) is 0 Å². The predicted octanol–water partition coefficient (Wildman–Crippen LogP) is 8.44. The molecule has 2 unspecified atom stereocenters. The Morgan fingerprint density at radius 3 is 2.14 bits per heavy atom. The Hall–Kier alpha value is -7.48. The first-order valence-corrected chi connectivity index (χ1v) is 25.4. The minimum atomic E-state index is -2.10. The van der Waals surface area contributed by atoms with E-state index in [-0.39, 0.29) is 23.4 Å². The first-order valence-electron chi connectivity index (χ1n) is 25.4. The second-order valence-corrected chi connectivity index (χ2v) is 20.2. The number of alkyl halides is 1. The molecule has 3 aromatic heterocycles. The van der Waals surface area contributed by atoms with E-state index in [0.29, 0.717) is 99.4 Å². The molecule has 11 rings (SSSR count). The molecule has 0 aliphatic carbocycles. The normalized spacial score (nSPS) is 20.4. The van der Waals surface area contributed by atoms with Crippen LogP contribution in [0.1, 0.15) is 99.9 Å². The molecule has 388 valence electrons. The number of likely N-dealkylation sites (tertiary alicyclic amines) is 2. The van der Waals surface area contributed by atoms with E-state index >= 15 is 8.78 Å². The number of ether oxygens (including phenoxy) is 5. The van der Waals surface area contributed by atoms with Gasteiger partial charge in [-0.25, -0.2) is 28.3 Å². The minimum Gasteiger partial charge on any atom is -0.493 e. The van der Waals surface area contributed by atoms with Crippen molar-refractivity contribution in [3.05, 3.63) is 95.6 Å². The highest BCUT2D eigenvalue weighted by Gasteiger charge is 2.44. The number of H-pyrrole nitrogens is 2. The number of rotatable bonds is 11. The summed E-state index contributed by atoms with van der Waals surface area (Å²) in [5, 5.41) is 6.00. The number of hydrogen-bond acceptors (Lipinski definition) is 11. The molecule has 0 saturated carbocycles. The molecule has 4 amide bonds. The highest BCUT2D eigenvalue weighted by molar-refractivity contribution is 5.93. The molecule has 20 heteroatoms. The van der Waals surface area contributed by atoms with E-state index in [2.05, 4.69) is 36.4 Å². The fourth-order valence-corrected chi connectivity index (χ4v) is 11.4. The van der Waals surface area contributed by atoms with E-state index in [1.165, 1.54) is 31.9 Å². The van der Waals surface area contributed by atoms with Gasteiger partial charge in [0.05, 0.1) is 73.5 Å². The first-order chi connectivity index (χ1) is 35.8. The molecular formula is C54H59F2N9O9. The molecule has 6 aromatic rings. The van der Waals surface area contributed by atoms with Crippen LogP contribution in [-0.4, -0.2) is 123 Å². The number of aromatic nitrogens is 5. The molecule has 5 aliphatic rings. The van der Waals surface area contributed by atoms with Gasteiger partial charge in [-0.2, -0.15) is 0 Å². The van der Waals surface area contributed by atoms with Gasteiger partial charge in [0.1, 0.15) is 46.7 Å². The van der Waals surface area contributed by atoms with Gasteiger partial charge in [-0.15, -0.1) is 0 Å². The maximum absolute atomic E-state index is 17.1. The number of carbonyl (C=O) groups excluding carboxylic acids is 4. The largest absolute Gasteiger partial charge is 0.493 e. The van der Waals surface area contributed by atoms with Gasteiger partial charge in [0.15, 0.2) is 0 Å². The van der Waals surface area contributed by atoms with E-state index in [1.54, 1.807) is 18.5 Å². The number of halogens is 2. The maximum Gasteiger partial charge on any atom is 0.407 e. The van der Waals surface area contributed by atoms with E-state index in [1.807, 2.05) is 45.9 Å². The molecule has 4 N–H and O–H groups in total. The molecule has 5 atom stereocenters. The predicted molar refractivity (Wildman–Crippen MR) is 266 cm³/mol. The number of fused-ring (bicyclic) bond motifs is 6. The zero-order chi connectivity index (χ0) is 51.4. The molecule has 3 fully saturated rings. The van der Waals surface area contributed by atoms with Crippen molar-refractivity contribution in [3.8, 4) is 45.3 Å². The summed E-state index contributed by atoms with van der Waals surface area (Å²) in [6.07, 6.45) is 6.78. The number of aromatic amines is 2. The quantitative estimate of drug-likeness (QED) is 0.0969. The molecule has 74 heavy (non-hydrogen) atoms. The molecular weight excluding hydrogens is 957 g/mol. The number of carbonyl (C=O) groups is 4. The van der Waals surface area contributed by atoms with Crippen LogP contribution in [0.3, 0.4) is 0 Å². The van der Waals surface area contributed by atoms with Gasteiger partial charge < -0.3 is 58.7 Å². The minimum absolute atomic E-state index is 0.0903. The number of benzene rings is 3. The molecule has 3 saturated heterocycles. The van der Waals surface area contributed by atoms with Crippen molar-refractivity contribution in [2.24, 2.45) is 5.92 Å². The van der Waals surface area contributed by atoms with Gasteiger partial charge in [0.2, 0.25) is 18.0 Å². The van der Waals surface area contributed by atoms with Gasteiger partial charge in [-0.3, -0.25) is 9.59 Å². The third-order valence-corrected chi connectivity index (χ3v) is 15.2. The second-order valence-electron chi connectivity index (χ2n) is 20.2. The fourth-order valence-electron chi connectivity index (χ4n) is 11.4. The van der Waals surface area contributed by atoms with Gasteiger partial charge in [-0.05, 0) is 113 Å². The van der Waals surface area contributed by atoms with Crippen LogP contribution in [0.25, 0.3) is 44.7 Å². The Bertz CT molecular complexity index is 3140. The SMILES string of the molecule is COC(=O)NC(C(=O)N1CCC[C@H]1c1ncc(-c2cc(F)c3c(c2)OC(c2ccc4c(c2)OCCC4)n2c-3cc3cc(-c4cnc([C@@H]5CCCN5C(=O)[C@@H](NC(=O)OC)C5CCOCC5)[nH]4)ccc32)[nH]1)C(C)(C)F. The summed E-state index contributed by atoms with van der Waals surface area (Å²) in [5.74, 6) is 0.772. The van der Waals surface area contributed by atoms with Crippen molar-refractivity contribution in [2.75, 3.05) is 47.1 Å². The number of nitrogens with zero attached hydrogens (tertiary/aromatic N) is 5. The van der Waals surface area contributed by atoms with Crippen LogP contribution in [-0.2, 0) is 30.2 Å². The van der Waals surface area contributed by atoms with Gasteiger partial charge in [-0.1, -0.05) is 18.2 Å². The van der Waals surface area contributed by atoms with E-state index in [4.69, 9.17) is 23.9 Å². The summed E-state index contributed by atoms with van der Waals surface area (Å²) in [6.45, 7) is 4.93. The van der Waals surface area contributed by atoms with E-state index < -0.39 is 53.9 Å². The van der Waals surface area contributed by atoms with Crippen LogP contribution in [0, 0.1) is 11.7 Å². The average Bonchev–Trinajstić information content (AvgIpc) is 4.28. The number of aryl methyl sites for hydroxylation is 1. The molecule has 5 aliphatic heterocycles. The average molecular weight is 1020 g/mol. The zero-order valence-electron chi connectivity index (χ0n) is 41.7. The third-order valence-electron chi connectivity index (χ3n) is 15.2. The lowest BCUT2D eigenvalue weighted by molar-refractivity contribution is -0.138. The third kappa shape index (κ3) is 9.06. The Morgan fingerprint density at radius 1 is 0.770 bits per heavy atom. The van der Waals surface area contributed by atoms with Crippen molar-refractivity contribution in [1.29, 1.82) is 0 Å². The van der Waals surface area contributed by atoms with Crippen LogP contribution in [0.15, 0.2) is 67.0 Å². The number of nitrogens with one attached hydrogen (secondary N) is 4. The monoisotopic (exact) mass is 1020 g/mol. The number of hydrogen-bond donors (Lipinski definition) is 4. The summed E-state index contributed by atoms with van der Waals surface area (Å²) in [6, 6.07) is 14.1.